The number of hydrogen-bond donors (Lipinski definition) is 0. The molecule has 106 valence electrons. The number of fused-ring (bicyclic) bond motifs is 1. The Morgan fingerprint density at radius 2 is 1.71 bits per heavy atom. The van der Waals surface area contributed by atoms with Gasteiger partial charge in [-0.15, -0.1) is 0 Å². The fourth-order valence-electron chi connectivity index (χ4n) is 2.18. The van der Waals surface area contributed by atoms with Gasteiger partial charge < -0.3 is 9.32 Å². The van der Waals surface area contributed by atoms with Crippen LogP contribution in [-0.2, 0) is 0 Å². The van der Waals surface area contributed by atoms with Crippen LogP contribution >= 0.6 is 0 Å². The number of anilines is 1. The van der Waals surface area contributed by atoms with Crippen molar-refractivity contribution >= 4 is 28.8 Å². The Kier molecular flexibility index (Phi) is 3.48. The summed E-state index contributed by atoms with van der Waals surface area (Å²) in [6, 6.07) is 14.6. The van der Waals surface area contributed by atoms with E-state index in [0.29, 0.717) is 11.3 Å². The van der Waals surface area contributed by atoms with Gasteiger partial charge >= 0.3 is 0 Å². The molecule has 0 amide bonds. The molecule has 0 unspecified atom stereocenters. The Labute approximate surface area is 123 Å². The third-order valence-corrected chi connectivity index (χ3v) is 3.35. The van der Waals surface area contributed by atoms with E-state index in [4.69, 9.17) is 4.42 Å². The van der Waals surface area contributed by atoms with Crippen molar-refractivity contribution in [2.24, 2.45) is 0 Å². The Morgan fingerprint density at radius 1 is 0.952 bits per heavy atom. The van der Waals surface area contributed by atoms with Gasteiger partial charge in [0, 0.05) is 25.2 Å². The van der Waals surface area contributed by atoms with Crippen LogP contribution in [0.5, 0.6) is 0 Å². The summed E-state index contributed by atoms with van der Waals surface area (Å²) in [4.78, 5) is 2.06. The molecule has 3 rings (SSSR count). The quantitative estimate of drug-likeness (QED) is 0.685. The van der Waals surface area contributed by atoms with Crippen molar-refractivity contribution in [3.8, 4) is 0 Å². The van der Waals surface area contributed by atoms with E-state index in [0.717, 1.165) is 16.6 Å². The number of halogens is 1. The molecule has 1 heterocycles. The highest BCUT2D eigenvalue weighted by atomic mass is 19.1. The van der Waals surface area contributed by atoms with Crippen molar-refractivity contribution in [3.05, 3.63) is 65.7 Å². The van der Waals surface area contributed by atoms with Crippen molar-refractivity contribution in [3.63, 3.8) is 0 Å². The topological polar surface area (TPSA) is 16.4 Å². The summed E-state index contributed by atoms with van der Waals surface area (Å²) >= 11 is 0. The van der Waals surface area contributed by atoms with E-state index in [2.05, 4.69) is 17.0 Å². The molecular weight excluding hydrogens is 265 g/mol. The lowest BCUT2D eigenvalue weighted by Gasteiger charge is -2.11. The summed E-state index contributed by atoms with van der Waals surface area (Å²) in [5, 5.41) is 0.776. The lowest BCUT2D eigenvalue weighted by atomic mass is 10.2. The highest BCUT2D eigenvalue weighted by molar-refractivity contribution is 5.81. The van der Waals surface area contributed by atoms with E-state index in [9.17, 15) is 4.39 Å². The minimum Gasteiger partial charge on any atom is -0.457 e. The van der Waals surface area contributed by atoms with Crippen LogP contribution in [0.3, 0.4) is 0 Å². The number of hydrogen-bond acceptors (Lipinski definition) is 2. The minimum atomic E-state index is -0.252. The average Bonchev–Trinajstić information content (AvgIpc) is 2.87. The molecule has 1 aromatic heterocycles. The van der Waals surface area contributed by atoms with Gasteiger partial charge in [0.05, 0.1) is 0 Å². The average molecular weight is 281 g/mol. The predicted molar refractivity (Wildman–Crippen MR) is 85.9 cm³/mol. The molecule has 0 aliphatic rings. The highest BCUT2D eigenvalue weighted by Gasteiger charge is 2.02. The van der Waals surface area contributed by atoms with Crippen molar-refractivity contribution in [2.45, 2.75) is 0 Å². The van der Waals surface area contributed by atoms with Gasteiger partial charge in [0.25, 0.3) is 0 Å². The largest absolute Gasteiger partial charge is 0.457 e. The maximum absolute atomic E-state index is 13.1. The van der Waals surface area contributed by atoms with E-state index in [1.54, 1.807) is 6.07 Å². The van der Waals surface area contributed by atoms with Crippen LogP contribution in [0.25, 0.3) is 23.1 Å². The van der Waals surface area contributed by atoms with Crippen LogP contribution in [0.15, 0.2) is 52.9 Å². The Balaban J connectivity index is 1.83. The third-order valence-electron chi connectivity index (χ3n) is 3.35. The number of nitrogens with zero attached hydrogens (tertiary/aromatic N) is 1. The smallest absolute Gasteiger partial charge is 0.134 e. The normalized spacial score (nSPS) is 11.4. The minimum absolute atomic E-state index is 0.252. The number of benzene rings is 2. The van der Waals surface area contributed by atoms with Crippen molar-refractivity contribution < 1.29 is 8.81 Å². The second kappa shape index (κ2) is 5.44. The van der Waals surface area contributed by atoms with Gasteiger partial charge in [0.2, 0.25) is 0 Å². The SMILES string of the molecule is CN(C)c1ccc(C=Cc2cc3cc(F)ccc3o2)cc1. The summed E-state index contributed by atoms with van der Waals surface area (Å²) in [6.45, 7) is 0. The summed E-state index contributed by atoms with van der Waals surface area (Å²) in [6.07, 6.45) is 3.87. The molecular formula is C18H16FNO. The zero-order valence-corrected chi connectivity index (χ0v) is 12.0. The molecule has 0 N–H and O–H groups in total. The fraction of sp³-hybridized carbons (Fsp3) is 0.111. The molecule has 0 bridgehead atoms. The Hall–Kier alpha value is -2.55. The molecule has 3 heteroatoms. The van der Waals surface area contributed by atoms with Crippen LogP contribution in [-0.4, -0.2) is 14.1 Å². The molecule has 0 aliphatic carbocycles. The molecule has 0 saturated heterocycles. The maximum Gasteiger partial charge on any atom is 0.134 e. The third kappa shape index (κ3) is 2.97. The van der Waals surface area contributed by atoms with Gasteiger partial charge in [0.15, 0.2) is 0 Å². The van der Waals surface area contributed by atoms with Gasteiger partial charge in [0.1, 0.15) is 17.2 Å². The van der Waals surface area contributed by atoms with Crippen LogP contribution < -0.4 is 4.90 Å². The molecule has 0 spiro atoms. The predicted octanol–water partition coefficient (Wildman–Crippen LogP) is 4.81. The second-order valence-electron chi connectivity index (χ2n) is 5.15. The zero-order chi connectivity index (χ0) is 14.8. The first-order valence-electron chi connectivity index (χ1n) is 6.76. The van der Waals surface area contributed by atoms with E-state index < -0.39 is 0 Å². The first kappa shape index (κ1) is 13.4. The van der Waals surface area contributed by atoms with Crippen LogP contribution in [0.2, 0.25) is 0 Å². The van der Waals surface area contributed by atoms with Gasteiger partial charge in [-0.3, -0.25) is 0 Å². The van der Waals surface area contributed by atoms with Gasteiger partial charge in [-0.1, -0.05) is 18.2 Å². The van der Waals surface area contributed by atoms with E-state index in [1.807, 2.05) is 44.4 Å². The molecule has 0 fully saturated rings. The lowest BCUT2D eigenvalue weighted by Crippen LogP contribution is -2.07. The Bertz CT molecular complexity index is 785. The summed E-state index contributed by atoms with van der Waals surface area (Å²) in [5.74, 6) is 0.463. The first-order valence-corrected chi connectivity index (χ1v) is 6.76. The standard InChI is InChI=1S/C18H16FNO/c1-20(2)16-7-3-13(4-8-16)5-9-17-12-14-11-15(19)6-10-18(14)21-17/h3-12H,1-2H3. The van der Waals surface area contributed by atoms with Crippen LogP contribution in [0, 0.1) is 5.82 Å². The lowest BCUT2D eigenvalue weighted by molar-refractivity contribution is 0.600. The van der Waals surface area contributed by atoms with Crippen molar-refractivity contribution in [2.75, 3.05) is 19.0 Å². The molecule has 0 radical (unpaired) electrons. The highest BCUT2D eigenvalue weighted by Crippen LogP contribution is 2.22. The van der Waals surface area contributed by atoms with E-state index in [1.165, 1.54) is 12.1 Å². The van der Waals surface area contributed by atoms with Crippen molar-refractivity contribution in [1.29, 1.82) is 0 Å². The summed E-state index contributed by atoms with van der Waals surface area (Å²) in [5.41, 5.74) is 2.94. The number of rotatable bonds is 3. The van der Waals surface area contributed by atoms with Crippen molar-refractivity contribution in [1.82, 2.24) is 0 Å². The second-order valence-corrected chi connectivity index (χ2v) is 5.15. The van der Waals surface area contributed by atoms with Gasteiger partial charge in [-0.2, -0.15) is 0 Å². The van der Waals surface area contributed by atoms with E-state index >= 15 is 0 Å². The first-order chi connectivity index (χ1) is 10.1. The summed E-state index contributed by atoms with van der Waals surface area (Å²) < 4.78 is 18.8. The van der Waals surface area contributed by atoms with Crippen LogP contribution in [0.1, 0.15) is 11.3 Å². The molecule has 0 saturated carbocycles. The number of furan rings is 1. The Morgan fingerprint density at radius 3 is 2.43 bits per heavy atom. The van der Waals surface area contributed by atoms with Gasteiger partial charge in [-0.25, -0.2) is 4.39 Å². The molecule has 0 atom stereocenters. The molecule has 2 nitrogen and oxygen atoms in total. The summed E-state index contributed by atoms with van der Waals surface area (Å²) in [7, 11) is 4.02. The molecule has 2 aromatic carbocycles. The maximum atomic E-state index is 13.1. The monoisotopic (exact) mass is 281 g/mol. The van der Waals surface area contributed by atoms with Crippen LogP contribution in [0.4, 0.5) is 10.1 Å². The van der Waals surface area contributed by atoms with Gasteiger partial charge in [-0.05, 0) is 48.0 Å². The molecule has 3 aromatic rings. The fourth-order valence-corrected chi connectivity index (χ4v) is 2.18. The zero-order valence-electron chi connectivity index (χ0n) is 12.0. The molecule has 21 heavy (non-hydrogen) atoms. The van der Waals surface area contributed by atoms with E-state index in [-0.39, 0.29) is 5.82 Å². The molecule has 0 aliphatic heterocycles.